The van der Waals surface area contributed by atoms with E-state index in [1.807, 2.05) is 19.2 Å². The van der Waals surface area contributed by atoms with E-state index < -0.39 is 11.5 Å². The second-order valence-corrected chi connectivity index (χ2v) is 4.89. The Hall–Kier alpha value is -0.940. The Labute approximate surface area is 99.7 Å². The van der Waals surface area contributed by atoms with Crippen molar-refractivity contribution in [1.82, 2.24) is 10.3 Å². The quantitative estimate of drug-likeness (QED) is 0.804. The van der Waals surface area contributed by atoms with Crippen molar-refractivity contribution in [2.45, 2.75) is 45.2 Å². The Morgan fingerprint density at radius 3 is 2.88 bits per heavy atom. The van der Waals surface area contributed by atoms with Gasteiger partial charge in [-0.2, -0.15) is 0 Å². The average molecular weight is 242 g/mol. The van der Waals surface area contributed by atoms with Gasteiger partial charge in [0, 0.05) is 11.4 Å². The minimum atomic E-state index is -0.877. The van der Waals surface area contributed by atoms with Gasteiger partial charge in [-0.05, 0) is 20.3 Å². The molecule has 90 valence electrons. The van der Waals surface area contributed by atoms with Crippen LogP contribution in [-0.2, 0) is 4.79 Å². The van der Waals surface area contributed by atoms with Gasteiger partial charge < -0.3 is 5.11 Å². The highest BCUT2D eigenvalue weighted by Gasteiger charge is 2.33. The van der Waals surface area contributed by atoms with Crippen molar-refractivity contribution in [2.24, 2.45) is 0 Å². The molecule has 1 heterocycles. The highest BCUT2D eigenvalue weighted by Crippen LogP contribution is 2.20. The molecular formula is C11H18N2O2S. The highest BCUT2D eigenvalue weighted by molar-refractivity contribution is 7.07. The number of nitrogens with zero attached hydrogens (tertiary/aromatic N) is 1. The molecule has 5 heteroatoms. The summed E-state index contributed by atoms with van der Waals surface area (Å²) < 4.78 is 0. The predicted octanol–water partition coefficient (Wildman–Crippen LogP) is 2.44. The Morgan fingerprint density at radius 1 is 1.75 bits per heavy atom. The third-order valence-corrected chi connectivity index (χ3v) is 3.26. The Bertz CT molecular complexity index is 340. The number of thiazole rings is 1. The van der Waals surface area contributed by atoms with Crippen LogP contribution in [-0.4, -0.2) is 21.6 Å². The van der Waals surface area contributed by atoms with Crippen LogP contribution in [0.15, 0.2) is 10.9 Å². The van der Waals surface area contributed by atoms with Gasteiger partial charge in [0.2, 0.25) is 0 Å². The van der Waals surface area contributed by atoms with Crippen LogP contribution >= 0.6 is 11.3 Å². The first-order valence-corrected chi connectivity index (χ1v) is 6.33. The highest BCUT2D eigenvalue weighted by atomic mass is 32.1. The summed E-state index contributed by atoms with van der Waals surface area (Å²) in [7, 11) is 0. The van der Waals surface area contributed by atoms with E-state index in [1.165, 1.54) is 11.3 Å². The van der Waals surface area contributed by atoms with Crippen LogP contribution < -0.4 is 5.32 Å². The molecule has 1 rings (SSSR count). The number of carbonyl (C=O) groups is 1. The van der Waals surface area contributed by atoms with E-state index in [4.69, 9.17) is 0 Å². The third-order valence-electron chi connectivity index (χ3n) is 2.65. The fourth-order valence-corrected chi connectivity index (χ4v) is 2.38. The van der Waals surface area contributed by atoms with E-state index in [1.54, 1.807) is 12.4 Å². The summed E-state index contributed by atoms with van der Waals surface area (Å²) in [5.41, 5.74) is 1.78. The van der Waals surface area contributed by atoms with Crippen molar-refractivity contribution in [3.63, 3.8) is 0 Å². The van der Waals surface area contributed by atoms with Crippen molar-refractivity contribution in [1.29, 1.82) is 0 Å². The van der Waals surface area contributed by atoms with E-state index in [2.05, 4.69) is 10.3 Å². The van der Waals surface area contributed by atoms with Crippen molar-refractivity contribution < 1.29 is 9.90 Å². The van der Waals surface area contributed by atoms with Crippen molar-refractivity contribution in [3.05, 3.63) is 16.6 Å². The first-order valence-electron chi connectivity index (χ1n) is 5.38. The van der Waals surface area contributed by atoms with E-state index in [0.29, 0.717) is 6.42 Å². The lowest BCUT2D eigenvalue weighted by Gasteiger charge is -2.29. The molecule has 2 unspecified atom stereocenters. The molecule has 0 spiro atoms. The molecule has 0 aromatic carbocycles. The molecule has 2 atom stereocenters. The maximum absolute atomic E-state index is 11.2. The largest absolute Gasteiger partial charge is 0.480 e. The van der Waals surface area contributed by atoms with Crippen LogP contribution in [0.2, 0.25) is 0 Å². The van der Waals surface area contributed by atoms with Crippen LogP contribution in [0, 0.1) is 0 Å². The third kappa shape index (κ3) is 3.02. The maximum atomic E-state index is 11.2. The average Bonchev–Trinajstić information content (AvgIpc) is 2.70. The topological polar surface area (TPSA) is 62.2 Å². The molecule has 0 aliphatic heterocycles. The SMILES string of the molecule is CCCC(C)(NC(C)c1cscn1)C(=O)O. The van der Waals surface area contributed by atoms with E-state index in [0.717, 1.165) is 12.1 Å². The molecule has 4 nitrogen and oxygen atoms in total. The van der Waals surface area contributed by atoms with Crippen molar-refractivity contribution >= 4 is 17.3 Å². The van der Waals surface area contributed by atoms with Crippen LogP contribution in [0.4, 0.5) is 0 Å². The lowest BCUT2D eigenvalue weighted by atomic mass is 9.95. The first-order chi connectivity index (χ1) is 7.49. The molecule has 0 radical (unpaired) electrons. The molecule has 1 aromatic rings. The fraction of sp³-hybridized carbons (Fsp3) is 0.636. The second-order valence-electron chi connectivity index (χ2n) is 4.17. The summed E-state index contributed by atoms with van der Waals surface area (Å²) in [4.78, 5) is 15.4. The van der Waals surface area contributed by atoms with Gasteiger partial charge in [-0.3, -0.25) is 10.1 Å². The number of rotatable bonds is 6. The number of aliphatic carboxylic acids is 1. The summed E-state index contributed by atoms with van der Waals surface area (Å²) >= 11 is 1.52. The lowest BCUT2D eigenvalue weighted by Crippen LogP contribution is -2.50. The zero-order chi connectivity index (χ0) is 12.2. The number of hydrogen-bond donors (Lipinski definition) is 2. The predicted molar refractivity (Wildman–Crippen MR) is 64.6 cm³/mol. The van der Waals surface area contributed by atoms with Gasteiger partial charge in [0.15, 0.2) is 0 Å². The zero-order valence-electron chi connectivity index (χ0n) is 9.86. The summed E-state index contributed by atoms with van der Waals surface area (Å²) in [5.74, 6) is -0.809. The number of carboxylic acid groups (broad SMARTS) is 1. The summed E-state index contributed by atoms with van der Waals surface area (Å²) in [6.45, 7) is 5.64. The van der Waals surface area contributed by atoms with Crippen molar-refractivity contribution in [3.8, 4) is 0 Å². The molecule has 0 saturated carbocycles. The molecule has 0 amide bonds. The van der Waals surface area contributed by atoms with Crippen LogP contribution in [0.3, 0.4) is 0 Å². The molecule has 0 aliphatic rings. The van der Waals surface area contributed by atoms with Gasteiger partial charge in [0.25, 0.3) is 0 Å². The van der Waals surface area contributed by atoms with Crippen molar-refractivity contribution in [2.75, 3.05) is 0 Å². The van der Waals surface area contributed by atoms with Crippen LogP contribution in [0.1, 0.15) is 45.3 Å². The second kappa shape index (κ2) is 5.41. The summed E-state index contributed by atoms with van der Waals surface area (Å²) in [6, 6.07) is -0.0427. The Morgan fingerprint density at radius 2 is 2.44 bits per heavy atom. The summed E-state index contributed by atoms with van der Waals surface area (Å²) in [6.07, 6.45) is 1.44. The van der Waals surface area contributed by atoms with Gasteiger partial charge in [0.05, 0.1) is 11.2 Å². The lowest BCUT2D eigenvalue weighted by molar-refractivity contribution is -0.144. The minimum Gasteiger partial charge on any atom is -0.480 e. The normalized spacial score (nSPS) is 16.7. The van der Waals surface area contributed by atoms with E-state index in [-0.39, 0.29) is 6.04 Å². The van der Waals surface area contributed by atoms with Gasteiger partial charge in [0.1, 0.15) is 5.54 Å². The van der Waals surface area contributed by atoms with Crippen LogP contribution in [0.25, 0.3) is 0 Å². The van der Waals surface area contributed by atoms with Gasteiger partial charge >= 0.3 is 5.97 Å². The molecular weight excluding hydrogens is 224 g/mol. The van der Waals surface area contributed by atoms with Gasteiger partial charge in [-0.15, -0.1) is 11.3 Å². The monoisotopic (exact) mass is 242 g/mol. The van der Waals surface area contributed by atoms with Gasteiger partial charge in [-0.25, -0.2) is 4.98 Å². The number of aromatic nitrogens is 1. The Kier molecular flexibility index (Phi) is 4.44. The molecule has 0 fully saturated rings. The standard InChI is InChI=1S/C11H18N2O2S/c1-4-5-11(3,10(14)15)13-8(2)9-6-16-7-12-9/h6-8,13H,4-5H2,1-3H3,(H,14,15). The van der Waals surface area contributed by atoms with E-state index >= 15 is 0 Å². The van der Waals surface area contributed by atoms with E-state index in [9.17, 15) is 9.90 Å². The number of carboxylic acids is 1. The van der Waals surface area contributed by atoms with Crippen LogP contribution in [0.5, 0.6) is 0 Å². The summed E-state index contributed by atoms with van der Waals surface area (Å²) in [5, 5.41) is 14.3. The molecule has 2 N–H and O–H groups in total. The molecule has 1 aromatic heterocycles. The number of hydrogen-bond acceptors (Lipinski definition) is 4. The Balaban J connectivity index is 2.72. The molecule has 0 aliphatic carbocycles. The minimum absolute atomic E-state index is 0.0427. The molecule has 16 heavy (non-hydrogen) atoms. The maximum Gasteiger partial charge on any atom is 0.323 e. The smallest absolute Gasteiger partial charge is 0.323 e. The fourth-order valence-electron chi connectivity index (χ4n) is 1.73. The first kappa shape index (κ1) is 13.1. The number of nitrogens with one attached hydrogen (secondary N) is 1. The molecule has 0 bridgehead atoms. The zero-order valence-corrected chi connectivity index (χ0v) is 10.7. The van der Waals surface area contributed by atoms with Gasteiger partial charge in [-0.1, -0.05) is 13.3 Å². The molecule has 0 saturated heterocycles.